The van der Waals surface area contributed by atoms with E-state index in [0.29, 0.717) is 24.9 Å². The summed E-state index contributed by atoms with van der Waals surface area (Å²) in [5, 5.41) is 6.48. The number of carbonyl (C=O) groups excluding carboxylic acids is 2. The summed E-state index contributed by atoms with van der Waals surface area (Å²) in [6.07, 6.45) is 3.62. The van der Waals surface area contributed by atoms with Crippen LogP contribution in [0.5, 0.6) is 0 Å². The van der Waals surface area contributed by atoms with E-state index < -0.39 is 29.1 Å². The van der Waals surface area contributed by atoms with E-state index in [-0.39, 0.29) is 29.7 Å². The van der Waals surface area contributed by atoms with Gasteiger partial charge in [0.25, 0.3) is 0 Å². The molecule has 182 valence electrons. The molecule has 2 amide bonds. The lowest BCUT2D eigenvalue weighted by atomic mass is 9.86. The summed E-state index contributed by atoms with van der Waals surface area (Å²) in [5.74, 6) is -1.97. The Morgan fingerprint density at radius 3 is 2.45 bits per heavy atom. The molecular weight excluding hydrogens is 430 g/mol. The zero-order valence-corrected chi connectivity index (χ0v) is 20.2. The first-order valence-electron chi connectivity index (χ1n) is 11.2. The molecule has 1 aliphatic rings. The van der Waals surface area contributed by atoms with Gasteiger partial charge in [0.1, 0.15) is 17.4 Å². The van der Waals surface area contributed by atoms with Gasteiger partial charge in [-0.25, -0.2) is 8.78 Å². The van der Waals surface area contributed by atoms with E-state index in [4.69, 9.17) is 5.73 Å². The summed E-state index contributed by atoms with van der Waals surface area (Å²) < 4.78 is 29.6. The van der Waals surface area contributed by atoms with Crippen molar-refractivity contribution in [3.05, 3.63) is 35.7 Å². The number of hydrogen-bond acceptors (Lipinski definition) is 5. The molecule has 3 N–H and O–H groups in total. The topological polar surface area (TPSA) is 106 Å². The van der Waals surface area contributed by atoms with Crippen LogP contribution in [0, 0.1) is 17.0 Å². The Bertz CT molecular complexity index is 966. The Balaban J connectivity index is 0.00000187. The van der Waals surface area contributed by atoms with E-state index in [1.54, 1.807) is 0 Å². The third-order valence-electron chi connectivity index (χ3n) is 5.52. The van der Waals surface area contributed by atoms with E-state index in [0.717, 1.165) is 6.20 Å². The molecule has 0 saturated carbocycles. The van der Waals surface area contributed by atoms with Gasteiger partial charge in [-0.05, 0) is 29.9 Å². The van der Waals surface area contributed by atoms with Gasteiger partial charge in [-0.1, -0.05) is 34.6 Å². The lowest BCUT2D eigenvalue weighted by molar-refractivity contribution is -0.141. The van der Waals surface area contributed by atoms with Crippen molar-refractivity contribution in [3.8, 4) is 11.4 Å². The molecule has 0 bridgehead atoms. The predicted octanol–water partition coefficient (Wildman–Crippen LogP) is 2.77. The number of amides is 2. The molecule has 2 atom stereocenters. The lowest BCUT2D eigenvalue weighted by Crippen LogP contribution is -2.54. The van der Waals surface area contributed by atoms with Gasteiger partial charge < -0.3 is 16.0 Å². The van der Waals surface area contributed by atoms with Gasteiger partial charge in [0.05, 0.1) is 12.2 Å². The number of aryl methyl sites for hydroxylation is 1. The highest BCUT2D eigenvalue weighted by Gasteiger charge is 2.39. The number of likely N-dealkylation sites (tertiary alicyclic amines) is 1. The van der Waals surface area contributed by atoms with E-state index in [2.05, 4.69) is 15.4 Å². The first-order chi connectivity index (χ1) is 15.5. The van der Waals surface area contributed by atoms with Crippen LogP contribution in [-0.2, 0) is 23.2 Å². The standard InChI is InChI=1S/C21H28F2N6O2.C2H6/c1-21(2,3)18(24)20(31)29-7-5-6-15(29)19(30)26-10-12-8-13(22)16(25-9-12)17-14(23)11-27-28(17)4;1-2/h8-9,11,15,18H,5-7,10,24H2,1-4H3,(H,26,30);1-2H3. The summed E-state index contributed by atoms with van der Waals surface area (Å²) >= 11 is 0. The maximum absolute atomic E-state index is 14.5. The Kier molecular flexibility index (Phi) is 8.65. The average Bonchev–Trinajstić information content (AvgIpc) is 3.39. The molecule has 1 fully saturated rings. The highest BCUT2D eigenvalue weighted by atomic mass is 19.1. The molecule has 2 aromatic heterocycles. The molecule has 1 aliphatic heterocycles. The van der Waals surface area contributed by atoms with Crippen LogP contribution in [0.4, 0.5) is 8.78 Å². The fraction of sp³-hybridized carbons (Fsp3) is 0.565. The number of nitrogens with zero attached hydrogens (tertiary/aromatic N) is 4. The fourth-order valence-corrected chi connectivity index (χ4v) is 3.58. The maximum atomic E-state index is 14.5. The number of halogens is 2. The summed E-state index contributed by atoms with van der Waals surface area (Å²) in [7, 11) is 1.49. The van der Waals surface area contributed by atoms with Gasteiger partial charge in [0.15, 0.2) is 11.6 Å². The van der Waals surface area contributed by atoms with Gasteiger partial charge >= 0.3 is 0 Å². The molecule has 0 spiro atoms. The van der Waals surface area contributed by atoms with Crippen LogP contribution in [0.2, 0.25) is 0 Å². The lowest BCUT2D eigenvalue weighted by Gasteiger charge is -2.32. The average molecular weight is 465 g/mol. The molecule has 3 rings (SSSR count). The summed E-state index contributed by atoms with van der Waals surface area (Å²) in [4.78, 5) is 31.0. The SMILES string of the molecule is CC.Cn1ncc(F)c1-c1ncc(CNC(=O)C2CCCN2C(=O)C(N)C(C)(C)C)cc1F. The van der Waals surface area contributed by atoms with Crippen LogP contribution in [-0.4, -0.2) is 50.1 Å². The van der Waals surface area contributed by atoms with Gasteiger partial charge in [-0.3, -0.25) is 19.3 Å². The minimum atomic E-state index is -0.719. The van der Waals surface area contributed by atoms with Crippen molar-refractivity contribution in [2.75, 3.05) is 6.54 Å². The normalized spacial score (nSPS) is 16.8. The number of nitrogens with two attached hydrogens (primary N) is 1. The molecular formula is C23H34F2N6O2. The molecule has 0 aromatic carbocycles. The molecule has 2 unspecified atom stereocenters. The first-order valence-corrected chi connectivity index (χ1v) is 11.2. The smallest absolute Gasteiger partial charge is 0.243 e. The van der Waals surface area contributed by atoms with Crippen molar-refractivity contribution in [2.24, 2.45) is 18.2 Å². The predicted molar refractivity (Wildman–Crippen MR) is 122 cm³/mol. The van der Waals surface area contributed by atoms with Crippen molar-refractivity contribution >= 4 is 11.8 Å². The second kappa shape index (κ2) is 10.8. The highest BCUT2D eigenvalue weighted by molar-refractivity contribution is 5.90. The second-order valence-electron chi connectivity index (χ2n) is 8.89. The van der Waals surface area contributed by atoms with Crippen molar-refractivity contribution < 1.29 is 18.4 Å². The largest absolute Gasteiger partial charge is 0.350 e. The zero-order chi connectivity index (χ0) is 24.9. The van der Waals surface area contributed by atoms with Gasteiger partial charge in [-0.2, -0.15) is 5.10 Å². The third kappa shape index (κ3) is 5.93. The van der Waals surface area contributed by atoms with Crippen LogP contribution in [0.25, 0.3) is 11.4 Å². The zero-order valence-electron chi connectivity index (χ0n) is 20.2. The number of carbonyl (C=O) groups is 2. The van der Waals surface area contributed by atoms with E-state index in [1.807, 2.05) is 34.6 Å². The van der Waals surface area contributed by atoms with Crippen LogP contribution >= 0.6 is 0 Å². The van der Waals surface area contributed by atoms with Crippen molar-refractivity contribution in [1.82, 2.24) is 25.0 Å². The minimum Gasteiger partial charge on any atom is -0.350 e. The molecule has 1 saturated heterocycles. The number of aromatic nitrogens is 3. The van der Waals surface area contributed by atoms with E-state index in [1.165, 1.54) is 28.9 Å². The molecule has 0 radical (unpaired) electrons. The van der Waals surface area contributed by atoms with Gasteiger partial charge in [-0.15, -0.1) is 0 Å². The first kappa shape index (κ1) is 26.4. The molecule has 10 heteroatoms. The maximum Gasteiger partial charge on any atom is 0.243 e. The summed E-state index contributed by atoms with van der Waals surface area (Å²) in [5.41, 5.74) is 5.88. The van der Waals surface area contributed by atoms with Gasteiger partial charge in [0.2, 0.25) is 11.8 Å². The third-order valence-corrected chi connectivity index (χ3v) is 5.52. The van der Waals surface area contributed by atoms with Crippen molar-refractivity contribution in [3.63, 3.8) is 0 Å². The Morgan fingerprint density at radius 2 is 1.91 bits per heavy atom. The van der Waals surface area contributed by atoms with Crippen molar-refractivity contribution in [2.45, 2.75) is 66.1 Å². The second-order valence-corrected chi connectivity index (χ2v) is 8.89. The number of hydrogen-bond donors (Lipinski definition) is 2. The molecule has 2 aromatic rings. The van der Waals surface area contributed by atoms with Crippen LogP contribution < -0.4 is 11.1 Å². The molecule has 33 heavy (non-hydrogen) atoms. The van der Waals surface area contributed by atoms with E-state index >= 15 is 0 Å². The Morgan fingerprint density at radius 1 is 1.24 bits per heavy atom. The fourth-order valence-electron chi connectivity index (χ4n) is 3.58. The summed E-state index contributed by atoms with van der Waals surface area (Å²) in [6, 6.07) is -0.122. The number of pyridine rings is 1. The van der Waals surface area contributed by atoms with E-state index in [9.17, 15) is 18.4 Å². The summed E-state index contributed by atoms with van der Waals surface area (Å²) in [6.45, 7) is 10.1. The molecule has 3 heterocycles. The quantitative estimate of drug-likeness (QED) is 0.708. The van der Waals surface area contributed by atoms with Crippen molar-refractivity contribution in [1.29, 1.82) is 0 Å². The minimum absolute atomic E-state index is 0.0285. The molecule has 8 nitrogen and oxygen atoms in total. The van der Waals surface area contributed by atoms with Crippen LogP contribution in [0.15, 0.2) is 18.5 Å². The monoisotopic (exact) mass is 464 g/mol. The van der Waals surface area contributed by atoms with Crippen LogP contribution in [0.1, 0.15) is 53.0 Å². The number of nitrogens with one attached hydrogen (secondary N) is 1. The highest BCUT2D eigenvalue weighted by Crippen LogP contribution is 2.25. The van der Waals surface area contributed by atoms with Gasteiger partial charge in [0, 0.05) is 26.3 Å². The Hall–Kier alpha value is -2.88. The number of rotatable bonds is 5. The Labute approximate surface area is 193 Å². The van der Waals surface area contributed by atoms with Crippen LogP contribution in [0.3, 0.4) is 0 Å². The molecule has 0 aliphatic carbocycles.